The molecule has 3 aliphatic rings. The molecule has 15 nitrogen and oxygen atoms in total. The number of hydrogen-bond acceptors (Lipinski definition) is 14. The SMILES string of the molecule is C/C=C/[C@H]1O[C@@](O)([C@@H](C)[C@H](O)[C@H](C)[C@H]2OC(=O)C(OC)=CC(C)=C[C@@H](C)[C@@H](O)C[C@@H](O)[C@H](C)CC(C)=CC=C[C@@H]2OC)CC(OC2CC(O)C(OC(N)=O)C(C)O2)[C@@H]1C. The van der Waals surface area contributed by atoms with E-state index in [1.807, 2.05) is 40.7 Å². The molecule has 5 unspecified atom stereocenters. The molecule has 3 rings (SSSR count). The molecular weight excluding hydrogens is 766 g/mol. The molecule has 0 aliphatic carbocycles. The Kier molecular flexibility index (Phi) is 19.3. The standard InChI is InChI=1S/C44H71NO14/c1-12-14-34-27(6)37(56-38-21-33(48)41(30(9)55-38)58-43(45)51)22-44(52,59-34)29(8)39(49)28(7)40-35(53-10)16-13-15-23(2)17-25(4)31(46)20-32(47)26(5)18-24(3)19-36(54-11)42(50)57-40/h12-16,18-19,25-35,37-41,46-49,52H,17,20-22H2,1-11H3,(H2,45,51)/b14-12+,16-13?,23-15?,24-18?,36-19?/t25-,26-,27-,28+,29+,30?,31-,32+,33?,34-,35+,37?,38?,39-,40-,41?,44-/m1/s1. The Morgan fingerprint density at radius 1 is 1.05 bits per heavy atom. The summed E-state index contributed by atoms with van der Waals surface area (Å²) < 4.78 is 41.2. The first-order valence-electron chi connectivity index (χ1n) is 20.7. The molecule has 7 N–H and O–H groups in total. The second-order valence-corrected chi connectivity index (χ2v) is 16.8. The van der Waals surface area contributed by atoms with Gasteiger partial charge in [0.05, 0.1) is 49.8 Å². The number of amides is 1. The van der Waals surface area contributed by atoms with Crippen molar-refractivity contribution in [2.45, 2.75) is 161 Å². The Balaban J connectivity index is 1.98. The average Bonchev–Trinajstić information content (AvgIpc) is 3.16. The van der Waals surface area contributed by atoms with E-state index in [2.05, 4.69) is 0 Å². The van der Waals surface area contributed by atoms with E-state index in [1.54, 1.807) is 58.1 Å². The number of cyclic esters (lactones) is 1. The zero-order valence-corrected chi connectivity index (χ0v) is 36.6. The minimum Gasteiger partial charge on any atom is -0.490 e. The van der Waals surface area contributed by atoms with Crippen LogP contribution in [-0.2, 0) is 38.0 Å². The van der Waals surface area contributed by atoms with Gasteiger partial charge >= 0.3 is 12.1 Å². The zero-order chi connectivity index (χ0) is 44.4. The van der Waals surface area contributed by atoms with Gasteiger partial charge < -0.3 is 64.4 Å². The molecule has 3 aliphatic heterocycles. The van der Waals surface area contributed by atoms with Gasteiger partial charge in [-0.3, -0.25) is 0 Å². The highest BCUT2D eigenvalue weighted by Gasteiger charge is 2.52. The van der Waals surface area contributed by atoms with Crippen molar-refractivity contribution in [3.8, 4) is 0 Å². The fraction of sp³-hybridized carbons (Fsp3) is 0.727. The van der Waals surface area contributed by atoms with Gasteiger partial charge in [0.1, 0.15) is 12.2 Å². The van der Waals surface area contributed by atoms with E-state index >= 15 is 0 Å². The van der Waals surface area contributed by atoms with Crippen LogP contribution < -0.4 is 5.73 Å². The molecular formula is C44H71NO14. The van der Waals surface area contributed by atoms with Crippen LogP contribution in [0.2, 0.25) is 0 Å². The Labute approximate surface area is 349 Å². The molecule has 0 radical (unpaired) electrons. The number of esters is 1. The van der Waals surface area contributed by atoms with Crippen LogP contribution in [0.3, 0.4) is 0 Å². The van der Waals surface area contributed by atoms with Crippen molar-refractivity contribution in [1.82, 2.24) is 0 Å². The molecule has 1 amide bonds. The second-order valence-electron chi connectivity index (χ2n) is 16.8. The van der Waals surface area contributed by atoms with E-state index in [0.29, 0.717) is 12.0 Å². The molecule has 0 saturated carbocycles. The van der Waals surface area contributed by atoms with E-state index < -0.39 is 97.0 Å². The van der Waals surface area contributed by atoms with E-state index in [-0.39, 0.29) is 42.8 Å². The number of hydrogen-bond donors (Lipinski definition) is 6. The lowest BCUT2D eigenvalue weighted by Gasteiger charge is -2.49. The molecule has 59 heavy (non-hydrogen) atoms. The van der Waals surface area contributed by atoms with Crippen LogP contribution in [0, 0.1) is 29.6 Å². The van der Waals surface area contributed by atoms with Crippen LogP contribution in [0.5, 0.6) is 0 Å². The summed E-state index contributed by atoms with van der Waals surface area (Å²) in [5, 5.41) is 57.0. The molecule has 2 saturated heterocycles. The number of ether oxygens (including phenoxy) is 7. The minimum absolute atomic E-state index is 0.0306. The lowest BCUT2D eigenvalue weighted by molar-refractivity contribution is -0.338. The molecule has 0 aromatic rings. The number of aliphatic hydroxyl groups is 5. The van der Waals surface area contributed by atoms with Gasteiger partial charge in [-0.15, -0.1) is 0 Å². The summed E-state index contributed by atoms with van der Waals surface area (Å²) in [5.41, 5.74) is 6.77. The third kappa shape index (κ3) is 13.7. The van der Waals surface area contributed by atoms with Crippen LogP contribution in [-0.4, -0.2) is 125 Å². The monoisotopic (exact) mass is 837 g/mol. The zero-order valence-electron chi connectivity index (χ0n) is 36.6. The number of methoxy groups -OCH3 is 2. The number of rotatable bonds is 10. The maximum Gasteiger partial charge on any atom is 0.404 e. The maximum absolute atomic E-state index is 13.8. The topological polar surface area (TPSA) is 226 Å². The Bertz CT molecular complexity index is 1520. The van der Waals surface area contributed by atoms with Crippen molar-refractivity contribution in [3.63, 3.8) is 0 Å². The Morgan fingerprint density at radius 3 is 2.32 bits per heavy atom. The summed E-state index contributed by atoms with van der Waals surface area (Å²) in [6, 6.07) is 0. The van der Waals surface area contributed by atoms with Gasteiger partial charge in [-0.1, -0.05) is 82.2 Å². The van der Waals surface area contributed by atoms with Gasteiger partial charge in [0.25, 0.3) is 0 Å². The van der Waals surface area contributed by atoms with Crippen molar-refractivity contribution < 1.29 is 68.3 Å². The van der Waals surface area contributed by atoms with Crippen molar-refractivity contribution in [3.05, 3.63) is 59.4 Å². The maximum atomic E-state index is 13.8. The predicted molar refractivity (Wildman–Crippen MR) is 219 cm³/mol. The number of carbonyl (C=O) groups excluding carboxylic acids is 2. The minimum atomic E-state index is -1.97. The fourth-order valence-electron chi connectivity index (χ4n) is 8.17. The Hall–Kier alpha value is -3.12. The van der Waals surface area contributed by atoms with Crippen molar-refractivity contribution in [2.75, 3.05) is 14.2 Å². The van der Waals surface area contributed by atoms with E-state index in [1.165, 1.54) is 20.3 Å². The van der Waals surface area contributed by atoms with E-state index in [4.69, 9.17) is 38.9 Å². The lowest BCUT2D eigenvalue weighted by Crippen LogP contribution is -2.59. The number of nitrogens with two attached hydrogens (primary N) is 1. The number of primary amides is 1. The molecule has 0 bridgehead atoms. The van der Waals surface area contributed by atoms with Gasteiger partial charge in [-0.2, -0.15) is 0 Å². The van der Waals surface area contributed by atoms with E-state index in [9.17, 15) is 35.1 Å². The Morgan fingerprint density at radius 2 is 1.73 bits per heavy atom. The largest absolute Gasteiger partial charge is 0.490 e. The number of allylic oxidation sites excluding steroid dienone is 6. The fourth-order valence-corrected chi connectivity index (χ4v) is 8.17. The van der Waals surface area contributed by atoms with Crippen LogP contribution in [0.25, 0.3) is 0 Å². The molecule has 0 spiro atoms. The average molecular weight is 838 g/mol. The molecule has 3 heterocycles. The number of aliphatic hydroxyl groups excluding tert-OH is 4. The third-order valence-electron chi connectivity index (χ3n) is 12.0. The third-order valence-corrected chi connectivity index (χ3v) is 12.0. The highest BCUT2D eigenvalue weighted by atomic mass is 16.7. The van der Waals surface area contributed by atoms with Gasteiger partial charge in [0.2, 0.25) is 5.76 Å². The van der Waals surface area contributed by atoms with Crippen molar-refractivity contribution >= 4 is 12.1 Å². The second kappa shape index (κ2) is 22.6. The normalized spacial score (nSPS) is 38.7. The predicted octanol–water partition coefficient (Wildman–Crippen LogP) is 4.35. The summed E-state index contributed by atoms with van der Waals surface area (Å²) in [5.74, 6) is -5.57. The van der Waals surface area contributed by atoms with Crippen LogP contribution in [0.15, 0.2) is 59.4 Å². The molecule has 0 aromatic carbocycles. The lowest BCUT2D eigenvalue weighted by atomic mass is 9.77. The smallest absolute Gasteiger partial charge is 0.404 e. The van der Waals surface area contributed by atoms with Gasteiger partial charge in [0.15, 0.2) is 18.2 Å². The first kappa shape index (κ1) is 50.2. The van der Waals surface area contributed by atoms with Crippen LogP contribution >= 0.6 is 0 Å². The molecule has 0 aromatic heterocycles. The van der Waals surface area contributed by atoms with E-state index in [0.717, 1.165) is 5.57 Å². The molecule has 2 fully saturated rings. The highest BCUT2D eigenvalue weighted by molar-refractivity contribution is 5.87. The van der Waals surface area contributed by atoms with Gasteiger partial charge in [-0.25, -0.2) is 9.59 Å². The summed E-state index contributed by atoms with van der Waals surface area (Å²) in [6.45, 7) is 16.1. The summed E-state index contributed by atoms with van der Waals surface area (Å²) in [4.78, 5) is 25.2. The first-order valence-corrected chi connectivity index (χ1v) is 20.7. The van der Waals surface area contributed by atoms with Gasteiger partial charge in [0, 0.05) is 50.0 Å². The van der Waals surface area contributed by atoms with Crippen LogP contribution in [0.4, 0.5) is 4.79 Å². The molecule has 336 valence electrons. The first-order chi connectivity index (χ1) is 27.7. The number of carbonyl (C=O) groups is 2. The van der Waals surface area contributed by atoms with Gasteiger partial charge in [-0.05, 0) is 46.1 Å². The summed E-state index contributed by atoms with van der Waals surface area (Å²) in [6.07, 6.45) is 1.79. The van der Waals surface area contributed by atoms with Crippen molar-refractivity contribution in [2.24, 2.45) is 35.3 Å². The van der Waals surface area contributed by atoms with Crippen LogP contribution in [0.1, 0.15) is 88.0 Å². The quantitative estimate of drug-likeness (QED) is 0.133. The summed E-state index contributed by atoms with van der Waals surface area (Å²) >= 11 is 0. The molecule has 17 atom stereocenters. The molecule has 15 heteroatoms. The highest BCUT2D eigenvalue weighted by Crippen LogP contribution is 2.42. The summed E-state index contributed by atoms with van der Waals surface area (Å²) in [7, 11) is 2.80. The van der Waals surface area contributed by atoms with Crippen molar-refractivity contribution in [1.29, 1.82) is 0 Å².